The Kier molecular flexibility index (Phi) is 4.15. The third-order valence-corrected chi connectivity index (χ3v) is 4.32. The molecule has 2 aromatic carbocycles. The Bertz CT molecular complexity index is 815. The van der Waals surface area contributed by atoms with Crippen LogP contribution in [0.2, 0.25) is 0 Å². The van der Waals surface area contributed by atoms with E-state index in [-0.39, 0.29) is 12.0 Å². The maximum Gasteiger partial charge on any atom is 0.138 e. The molecule has 3 nitrogen and oxygen atoms in total. The lowest BCUT2D eigenvalue weighted by molar-refractivity contribution is 0.0288. The quantitative estimate of drug-likeness (QED) is 0.718. The van der Waals surface area contributed by atoms with Gasteiger partial charge in [-0.05, 0) is 29.8 Å². The van der Waals surface area contributed by atoms with E-state index in [9.17, 15) is 4.39 Å². The van der Waals surface area contributed by atoms with Crippen molar-refractivity contribution >= 4 is 0 Å². The second-order valence-corrected chi connectivity index (χ2v) is 6.01. The summed E-state index contributed by atoms with van der Waals surface area (Å²) in [6.45, 7) is 2.49. The van der Waals surface area contributed by atoms with Crippen molar-refractivity contribution < 1.29 is 9.13 Å². The molecule has 1 saturated heterocycles. The van der Waals surface area contributed by atoms with Crippen molar-refractivity contribution in [2.75, 3.05) is 13.2 Å². The van der Waals surface area contributed by atoms with Crippen molar-refractivity contribution in [1.29, 1.82) is 0 Å². The Morgan fingerprint density at radius 1 is 1.04 bits per heavy atom. The van der Waals surface area contributed by atoms with Crippen LogP contribution in [0, 0.1) is 5.82 Å². The van der Waals surface area contributed by atoms with E-state index in [1.165, 1.54) is 17.7 Å². The van der Waals surface area contributed by atoms with Crippen molar-refractivity contribution in [3.05, 3.63) is 90.0 Å². The van der Waals surface area contributed by atoms with E-state index in [1.54, 1.807) is 6.07 Å². The number of nitrogens with zero attached hydrogens (tertiary/aromatic N) is 2. The van der Waals surface area contributed by atoms with Gasteiger partial charge in [-0.1, -0.05) is 36.4 Å². The fraction of sp³-hybridized carbons (Fsp3) is 0.200. The zero-order chi connectivity index (χ0) is 16.4. The summed E-state index contributed by atoms with van der Waals surface area (Å²) in [5, 5.41) is 0. The van der Waals surface area contributed by atoms with E-state index < -0.39 is 0 Å². The number of rotatable bonds is 4. The largest absolute Gasteiger partial charge is 0.357 e. The first kappa shape index (κ1) is 15.1. The molecular weight excluding hydrogens is 303 g/mol. The number of hydrogen-bond acceptors (Lipinski definition) is 2. The molecule has 1 aliphatic rings. The van der Waals surface area contributed by atoms with Crippen molar-refractivity contribution in [2.24, 2.45) is 0 Å². The summed E-state index contributed by atoms with van der Waals surface area (Å²) in [5.41, 5.74) is 3.18. The van der Waals surface area contributed by atoms with E-state index in [0.29, 0.717) is 0 Å². The van der Waals surface area contributed by atoms with E-state index in [2.05, 4.69) is 29.2 Å². The average Bonchev–Trinajstić information content (AvgIpc) is 3.25. The van der Waals surface area contributed by atoms with Gasteiger partial charge in [0.15, 0.2) is 0 Å². The number of aromatic nitrogens is 1. The van der Waals surface area contributed by atoms with Crippen molar-refractivity contribution in [3.63, 3.8) is 0 Å². The van der Waals surface area contributed by atoms with Gasteiger partial charge in [0.05, 0.1) is 6.61 Å². The highest BCUT2D eigenvalue weighted by molar-refractivity contribution is 5.34. The van der Waals surface area contributed by atoms with E-state index in [1.807, 2.05) is 35.2 Å². The zero-order valence-electron chi connectivity index (χ0n) is 13.3. The Morgan fingerprint density at radius 2 is 1.92 bits per heavy atom. The smallest absolute Gasteiger partial charge is 0.138 e. The summed E-state index contributed by atoms with van der Waals surface area (Å²) in [6.07, 6.45) is 3.91. The molecule has 0 saturated carbocycles. The van der Waals surface area contributed by atoms with Gasteiger partial charge in [-0.15, -0.1) is 0 Å². The first-order valence-electron chi connectivity index (χ1n) is 8.13. The van der Waals surface area contributed by atoms with Gasteiger partial charge in [-0.25, -0.2) is 4.39 Å². The van der Waals surface area contributed by atoms with Gasteiger partial charge in [0.25, 0.3) is 0 Å². The SMILES string of the molecule is Fc1cccc(-n2ccc(C3OCCN3Cc3ccccc3)c2)c1. The molecule has 4 rings (SSSR count). The molecule has 1 aromatic heterocycles. The predicted octanol–water partition coefficient (Wildman–Crippen LogP) is 4.15. The highest BCUT2D eigenvalue weighted by Crippen LogP contribution is 2.29. The fourth-order valence-corrected chi connectivity index (χ4v) is 3.15. The van der Waals surface area contributed by atoms with Gasteiger partial charge < -0.3 is 9.30 Å². The molecule has 1 aliphatic heterocycles. The van der Waals surface area contributed by atoms with Gasteiger partial charge in [-0.3, -0.25) is 4.90 Å². The molecule has 0 aliphatic carbocycles. The predicted molar refractivity (Wildman–Crippen MR) is 91.3 cm³/mol. The molecule has 1 fully saturated rings. The molecule has 0 spiro atoms. The van der Waals surface area contributed by atoms with E-state index in [4.69, 9.17) is 4.74 Å². The molecule has 4 heteroatoms. The molecule has 0 amide bonds. The van der Waals surface area contributed by atoms with E-state index in [0.717, 1.165) is 30.9 Å². The Morgan fingerprint density at radius 3 is 2.75 bits per heavy atom. The van der Waals surface area contributed by atoms with Crippen molar-refractivity contribution in [2.45, 2.75) is 12.8 Å². The third kappa shape index (κ3) is 3.11. The lowest BCUT2D eigenvalue weighted by Gasteiger charge is -2.22. The summed E-state index contributed by atoms with van der Waals surface area (Å²) in [5.74, 6) is -0.231. The maximum absolute atomic E-state index is 13.4. The number of benzene rings is 2. The standard InChI is InChI=1S/C20H19FN2O/c21-18-7-4-8-19(13-18)22-10-9-17(15-22)20-23(11-12-24-20)14-16-5-2-1-3-6-16/h1-10,13,15,20H,11-12,14H2. The lowest BCUT2D eigenvalue weighted by atomic mass is 10.2. The molecule has 122 valence electrons. The summed E-state index contributed by atoms with van der Waals surface area (Å²) in [4.78, 5) is 2.32. The molecule has 0 bridgehead atoms. The van der Waals surface area contributed by atoms with Crippen LogP contribution in [-0.2, 0) is 11.3 Å². The van der Waals surface area contributed by atoms with Gasteiger partial charge in [-0.2, -0.15) is 0 Å². The lowest BCUT2D eigenvalue weighted by Crippen LogP contribution is -2.23. The first-order valence-corrected chi connectivity index (χ1v) is 8.13. The van der Waals surface area contributed by atoms with Gasteiger partial charge >= 0.3 is 0 Å². The summed E-state index contributed by atoms with van der Waals surface area (Å²) >= 11 is 0. The topological polar surface area (TPSA) is 17.4 Å². The Balaban J connectivity index is 1.55. The van der Waals surface area contributed by atoms with Crippen molar-refractivity contribution in [3.8, 4) is 5.69 Å². The van der Waals surface area contributed by atoms with Crippen molar-refractivity contribution in [1.82, 2.24) is 9.47 Å². The second-order valence-electron chi connectivity index (χ2n) is 6.01. The summed E-state index contributed by atoms with van der Waals surface area (Å²) in [7, 11) is 0. The van der Waals surface area contributed by atoms with Gasteiger partial charge in [0.2, 0.25) is 0 Å². The first-order chi connectivity index (χ1) is 11.8. The molecular formula is C20H19FN2O. The number of ether oxygens (including phenoxy) is 1. The molecule has 3 aromatic rings. The minimum atomic E-state index is -0.231. The van der Waals surface area contributed by atoms with Crippen LogP contribution in [0.5, 0.6) is 0 Å². The number of hydrogen-bond donors (Lipinski definition) is 0. The van der Waals surface area contributed by atoms with Crippen LogP contribution in [0.3, 0.4) is 0 Å². The third-order valence-electron chi connectivity index (χ3n) is 4.32. The number of halogens is 1. The van der Waals surface area contributed by atoms with Gasteiger partial charge in [0.1, 0.15) is 12.0 Å². The molecule has 1 atom stereocenters. The monoisotopic (exact) mass is 322 g/mol. The normalized spacial score (nSPS) is 18.1. The zero-order valence-corrected chi connectivity index (χ0v) is 13.3. The summed E-state index contributed by atoms with van der Waals surface area (Å²) < 4.78 is 21.3. The maximum atomic E-state index is 13.4. The van der Waals surface area contributed by atoms with E-state index >= 15 is 0 Å². The minimum Gasteiger partial charge on any atom is -0.357 e. The molecule has 0 radical (unpaired) electrons. The molecule has 2 heterocycles. The highest BCUT2D eigenvalue weighted by atomic mass is 19.1. The average molecular weight is 322 g/mol. The van der Waals surface area contributed by atoms with Crippen LogP contribution in [0.4, 0.5) is 4.39 Å². The highest BCUT2D eigenvalue weighted by Gasteiger charge is 2.27. The van der Waals surface area contributed by atoms with Crippen LogP contribution in [0.25, 0.3) is 5.69 Å². The minimum absolute atomic E-state index is 0.0555. The molecule has 0 N–H and O–H groups in total. The fourth-order valence-electron chi connectivity index (χ4n) is 3.15. The molecule has 1 unspecified atom stereocenters. The van der Waals surface area contributed by atoms with Crippen LogP contribution >= 0.6 is 0 Å². The van der Waals surface area contributed by atoms with Crippen LogP contribution in [0.1, 0.15) is 17.4 Å². The molecule has 24 heavy (non-hydrogen) atoms. The Hall–Kier alpha value is -2.43. The summed E-state index contributed by atoms with van der Waals surface area (Å²) in [6, 6.07) is 19.0. The Labute approximate surface area is 140 Å². The van der Waals surface area contributed by atoms with Crippen LogP contribution in [-0.4, -0.2) is 22.6 Å². The second kappa shape index (κ2) is 6.59. The van der Waals surface area contributed by atoms with Crippen LogP contribution in [0.15, 0.2) is 73.1 Å². The van der Waals surface area contributed by atoms with Crippen LogP contribution < -0.4 is 0 Å². The van der Waals surface area contributed by atoms with Gasteiger partial charge in [0, 0.05) is 36.7 Å².